The molecule has 0 saturated carbocycles. The lowest BCUT2D eigenvalue weighted by Crippen LogP contribution is -2.17. The van der Waals surface area contributed by atoms with E-state index in [1.807, 2.05) is 0 Å². The van der Waals surface area contributed by atoms with Gasteiger partial charge in [0.15, 0.2) is 6.04 Å². The molecule has 0 aromatic carbocycles. The molecule has 1 aliphatic heterocycles. The molecule has 14 heavy (non-hydrogen) atoms. The van der Waals surface area contributed by atoms with Crippen molar-refractivity contribution in [3.63, 3.8) is 0 Å². The van der Waals surface area contributed by atoms with Crippen LogP contribution in [0.5, 0.6) is 0 Å². The van der Waals surface area contributed by atoms with Crippen LogP contribution in [0.25, 0.3) is 0 Å². The number of hydrogen-bond donors (Lipinski definition) is 1. The molecule has 0 radical (unpaired) electrons. The van der Waals surface area contributed by atoms with E-state index >= 15 is 0 Å². The Morgan fingerprint density at radius 1 is 1.57 bits per heavy atom. The van der Waals surface area contributed by atoms with Gasteiger partial charge in [-0.1, -0.05) is 0 Å². The van der Waals surface area contributed by atoms with Gasteiger partial charge in [-0.3, -0.25) is 15.0 Å². The summed E-state index contributed by atoms with van der Waals surface area (Å²) in [6, 6.07) is -0.642. The Labute approximate surface area is 84.3 Å². The van der Waals surface area contributed by atoms with E-state index in [2.05, 4.69) is 15.0 Å². The molecular weight excluding hydrogens is 202 g/mol. The summed E-state index contributed by atoms with van der Waals surface area (Å²) in [5.74, 6) is -0.419. The Kier molecular flexibility index (Phi) is 2.45. The molecule has 1 aromatic rings. The third kappa shape index (κ3) is 1.74. The van der Waals surface area contributed by atoms with Crippen molar-refractivity contribution in [2.45, 2.75) is 6.04 Å². The number of rotatable bonds is 2. The van der Waals surface area contributed by atoms with Gasteiger partial charge in [0.05, 0.1) is 6.20 Å². The average Bonchev–Trinajstić information content (AvgIpc) is 2.68. The van der Waals surface area contributed by atoms with Gasteiger partial charge in [0.25, 0.3) is 0 Å². The van der Waals surface area contributed by atoms with Gasteiger partial charge in [0.1, 0.15) is 10.7 Å². The second-order valence-electron chi connectivity index (χ2n) is 2.69. The number of hydrogen-bond acceptors (Lipinski definition) is 5. The molecule has 0 spiro atoms. The Morgan fingerprint density at radius 3 is 3.00 bits per heavy atom. The summed E-state index contributed by atoms with van der Waals surface area (Å²) in [5, 5.41) is 9.38. The normalized spacial score (nSPS) is 20.6. The fourth-order valence-corrected chi connectivity index (χ4v) is 2.04. The predicted octanol–water partition coefficient (Wildman–Crippen LogP) is 0.423. The molecular formula is C8H7N3O2S. The lowest BCUT2D eigenvalue weighted by molar-refractivity contribution is -0.137. The van der Waals surface area contributed by atoms with Crippen LogP contribution in [0, 0.1) is 0 Å². The van der Waals surface area contributed by atoms with Crippen LogP contribution < -0.4 is 0 Å². The van der Waals surface area contributed by atoms with E-state index < -0.39 is 12.0 Å². The highest BCUT2D eigenvalue weighted by molar-refractivity contribution is 8.14. The quantitative estimate of drug-likeness (QED) is 0.764. The third-order valence-corrected chi connectivity index (χ3v) is 2.79. The van der Waals surface area contributed by atoms with E-state index in [0.29, 0.717) is 16.5 Å². The van der Waals surface area contributed by atoms with Crippen molar-refractivity contribution < 1.29 is 9.90 Å². The molecule has 1 aliphatic rings. The van der Waals surface area contributed by atoms with Crippen molar-refractivity contribution >= 4 is 22.8 Å². The number of nitrogens with zero attached hydrogens (tertiary/aromatic N) is 3. The van der Waals surface area contributed by atoms with E-state index in [0.717, 1.165) is 0 Å². The SMILES string of the molecule is O=C(O)C1CSC(c2cnccn2)=N1. The van der Waals surface area contributed by atoms with Crippen LogP contribution in [-0.2, 0) is 4.79 Å². The van der Waals surface area contributed by atoms with E-state index in [-0.39, 0.29) is 0 Å². The standard InChI is InChI=1S/C8H7N3O2S/c12-8(13)6-4-14-7(11-6)5-3-9-1-2-10-5/h1-3,6H,4H2,(H,12,13). The van der Waals surface area contributed by atoms with Crippen LogP contribution in [0.1, 0.15) is 5.69 Å². The maximum atomic E-state index is 10.6. The second kappa shape index (κ2) is 3.75. The highest BCUT2D eigenvalue weighted by atomic mass is 32.2. The van der Waals surface area contributed by atoms with Crippen molar-refractivity contribution in [2.75, 3.05) is 5.75 Å². The Hall–Kier alpha value is -1.43. The number of aromatic nitrogens is 2. The molecule has 0 amide bonds. The Bertz CT molecular complexity index is 379. The number of thioether (sulfide) groups is 1. The highest BCUT2D eigenvalue weighted by Gasteiger charge is 2.25. The summed E-state index contributed by atoms with van der Waals surface area (Å²) in [5.41, 5.74) is 0.640. The van der Waals surface area contributed by atoms with Crippen molar-refractivity contribution in [1.29, 1.82) is 0 Å². The summed E-state index contributed by atoms with van der Waals surface area (Å²) < 4.78 is 0. The lowest BCUT2D eigenvalue weighted by atomic mass is 10.3. The van der Waals surface area contributed by atoms with Crippen LogP contribution in [0.15, 0.2) is 23.6 Å². The highest BCUT2D eigenvalue weighted by Crippen LogP contribution is 2.21. The third-order valence-electron chi connectivity index (χ3n) is 1.72. The van der Waals surface area contributed by atoms with Crippen LogP contribution >= 0.6 is 11.8 Å². The monoisotopic (exact) mass is 209 g/mol. The molecule has 0 saturated heterocycles. The molecule has 5 nitrogen and oxygen atoms in total. The Morgan fingerprint density at radius 2 is 2.43 bits per heavy atom. The summed E-state index contributed by atoms with van der Waals surface area (Å²) in [6.07, 6.45) is 4.71. The lowest BCUT2D eigenvalue weighted by Gasteiger charge is -1.95. The van der Waals surface area contributed by atoms with E-state index in [9.17, 15) is 4.79 Å². The van der Waals surface area contributed by atoms with Crippen molar-refractivity contribution in [1.82, 2.24) is 9.97 Å². The molecule has 1 unspecified atom stereocenters. The topological polar surface area (TPSA) is 75.4 Å². The van der Waals surface area contributed by atoms with Crippen LogP contribution in [0.4, 0.5) is 0 Å². The van der Waals surface area contributed by atoms with Gasteiger partial charge in [-0.25, -0.2) is 4.79 Å². The minimum atomic E-state index is -0.892. The zero-order chi connectivity index (χ0) is 9.97. The first kappa shape index (κ1) is 9.14. The molecule has 0 fully saturated rings. The van der Waals surface area contributed by atoms with Gasteiger partial charge in [0, 0.05) is 18.1 Å². The number of aliphatic carboxylic acids is 1. The molecule has 6 heteroatoms. The minimum Gasteiger partial charge on any atom is -0.480 e. The van der Waals surface area contributed by atoms with Crippen LogP contribution in [-0.4, -0.2) is 37.9 Å². The van der Waals surface area contributed by atoms with E-state index in [4.69, 9.17) is 5.11 Å². The first-order chi connectivity index (χ1) is 6.77. The smallest absolute Gasteiger partial charge is 0.329 e. The minimum absolute atomic E-state index is 0.473. The van der Waals surface area contributed by atoms with Crippen molar-refractivity contribution in [3.8, 4) is 0 Å². The van der Waals surface area contributed by atoms with Gasteiger partial charge in [0.2, 0.25) is 0 Å². The maximum Gasteiger partial charge on any atom is 0.329 e. The van der Waals surface area contributed by atoms with Gasteiger partial charge >= 0.3 is 5.97 Å². The molecule has 0 aliphatic carbocycles. The van der Waals surface area contributed by atoms with Gasteiger partial charge in [-0.05, 0) is 0 Å². The fourth-order valence-electron chi connectivity index (χ4n) is 1.05. The Balaban J connectivity index is 2.22. The summed E-state index contributed by atoms with van der Waals surface area (Å²) in [7, 11) is 0. The first-order valence-corrected chi connectivity index (χ1v) is 4.96. The summed E-state index contributed by atoms with van der Waals surface area (Å²) in [6.45, 7) is 0. The number of carbonyl (C=O) groups is 1. The molecule has 2 heterocycles. The summed E-state index contributed by atoms with van der Waals surface area (Å²) in [4.78, 5) is 22.6. The first-order valence-electron chi connectivity index (χ1n) is 3.97. The van der Waals surface area contributed by atoms with Crippen LogP contribution in [0.2, 0.25) is 0 Å². The van der Waals surface area contributed by atoms with Crippen molar-refractivity contribution in [2.24, 2.45) is 4.99 Å². The van der Waals surface area contributed by atoms with E-state index in [1.165, 1.54) is 11.8 Å². The molecule has 0 bridgehead atoms. The molecule has 1 N–H and O–H groups in total. The second-order valence-corrected chi connectivity index (χ2v) is 3.70. The zero-order valence-electron chi connectivity index (χ0n) is 7.12. The number of carboxylic acid groups (broad SMARTS) is 1. The van der Waals surface area contributed by atoms with Gasteiger partial charge in [-0.2, -0.15) is 0 Å². The number of carboxylic acids is 1. The largest absolute Gasteiger partial charge is 0.480 e. The predicted molar refractivity (Wildman–Crippen MR) is 52.5 cm³/mol. The molecule has 72 valence electrons. The average molecular weight is 209 g/mol. The van der Waals surface area contributed by atoms with Gasteiger partial charge < -0.3 is 5.11 Å². The number of aliphatic imine (C=N–C) groups is 1. The van der Waals surface area contributed by atoms with Gasteiger partial charge in [-0.15, -0.1) is 11.8 Å². The zero-order valence-corrected chi connectivity index (χ0v) is 7.94. The maximum absolute atomic E-state index is 10.6. The molecule has 1 atom stereocenters. The molecule has 2 rings (SSSR count). The fraction of sp³-hybridized carbons (Fsp3) is 0.250. The molecule has 1 aromatic heterocycles. The van der Waals surface area contributed by atoms with E-state index in [1.54, 1.807) is 18.6 Å². The van der Waals surface area contributed by atoms with Crippen molar-refractivity contribution in [3.05, 3.63) is 24.3 Å². The summed E-state index contributed by atoms with van der Waals surface area (Å²) >= 11 is 1.40. The van der Waals surface area contributed by atoms with Crippen LogP contribution in [0.3, 0.4) is 0 Å².